The van der Waals surface area contributed by atoms with Crippen LogP contribution in [-0.4, -0.2) is 16.6 Å². The fourth-order valence-electron chi connectivity index (χ4n) is 3.00. The van der Waals surface area contributed by atoms with E-state index >= 15 is 0 Å². The van der Waals surface area contributed by atoms with Crippen molar-refractivity contribution < 1.29 is 9.21 Å². The van der Waals surface area contributed by atoms with Gasteiger partial charge in [0, 0.05) is 10.9 Å². The molecule has 5 heteroatoms. The molecule has 0 fully saturated rings. The molecule has 138 valence electrons. The maximum absolute atomic E-state index is 12.9. The summed E-state index contributed by atoms with van der Waals surface area (Å²) in [4.78, 5) is 17.6. The van der Waals surface area contributed by atoms with Gasteiger partial charge in [0.1, 0.15) is 17.2 Å². The monoisotopic (exact) mass is 369 g/mol. The summed E-state index contributed by atoms with van der Waals surface area (Å²) in [5, 5.41) is 4.98. The summed E-state index contributed by atoms with van der Waals surface area (Å²) in [5.41, 5.74) is 6.22. The Kier molecular flexibility index (Phi) is 4.72. The van der Waals surface area contributed by atoms with Crippen LogP contribution in [-0.2, 0) is 0 Å². The zero-order chi connectivity index (χ0) is 19.5. The van der Waals surface area contributed by atoms with Crippen molar-refractivity contribution in [1.82, 2.24) is 10.4 Å². The van der Waals surface area contributed by atoms with Gasteiger partial charge in [-0.25, -0.2) is 10.4 Å². The molecule has 1 N–H and O–H groups in total. The first-order valence-corrected chi connectivity index (χ1v) is 8.98. The van der Waals surface area contributed by atoms with Gasteiger partial charge in [0.25, 0.3) is 5.91 Å². The van der Waals surface area contributed by atoms with Crippen LogP contribution in [0.25, 0.3) is 22.2 Å². The quantitative estimate of drug-likeness (QED) is 0.408. The van der Waals surface area contributed by atoms with Crippen molar-refractivity contribution in [2.75, 3.05) is 0 Å². The lowest BCUT2D eigenvalue weighted by atomic mass is 10.0. The summed E-state index contributed by atoms with van der Waals surface area (Å²) >= 11 is 0. The summed E-state index contributed by atoms with van der Waals surface area (Å²) in [6, 6.07) is 22.9. The number of nitrogens with one attached hydrogen (secondary N) is 1. The van der Waals surface area contributed by atoms with Gasteiger partial charge in [0.2, 0.25) is 0 Å². The zero-order valence-electron chi connectivity index (χ0n) is 15.6. The standard InChI is InChI=1S/C23H19N3O2/c1-15-12-13-22(28-15)16(2)25-26-23(27)19-14-21(17-8-4-3-5-9-17)24-20-11-7-6-10-18(19)20/h3-14H,1-2H3,(H,26,27)/b25-16+. The molecule has 4 aromatic rings. The molecular formula is C23H19N3O2. The van der Waals surface area contributed by atoms with Crippen molar-refractivity contribution in [3.8, 4) is 11.3 Å². The largest absolute Gasteiger partial charge is 0.460 e. The van der Waals surface area contributed by atoms with E-state index in [1.807, 2.05) is 73.7 Å². The number of carbonyl (C=O) groups is 1. The van der Waals surface area contributed by atoms with Gasteiger partial charge in [-0.1, -0.05) is 48.5 Å². The average Bonchev–Trinajstić information content (AvgIpc) is 3.18. The predicted molar refractivity (Wildman–Crippen MR) is 110 cm³/mol. The topological polar surface area (TPSA) is 67.5 Å². The Balaban J connectivity index is 1.71. The Labute approximate surface area is 162 Å². The number of pyridine rings is 1. The highest BCUT2D eigenvalue weighted by atomic mass is 16.3. The third-order valence-electron chi connectivity index (χ3n) is 4.45. The lowest BCUT2D eigenvalue weighted by Gasteiger charge is -2.09. The normalized spacial score (nSPS) is 11.6. The lowest BCUT2D eigenvalue weighted by molar-refractivity contribution is 0.0956. The van der Waals surface area contributed by atoms with Gasteiger partial charge in [0.15, 0.2) is 0 Å². The van der Waals surface area contributed by atoms with Crippen LogP contribution in [0.2, 0.25) is 0 Å². The molecule has 0 unspecified atom stereocenters. The fraction of sp³-hybridized carbons (Fsp3) is 0.0870. The van der Waals surface area contributed by atoms with Crippen LogP contribution in [0.5, 0.6) is 0 Å². The van der Waals surface area contributed by atoms with E-state index in [4.69, 9.17) is 9.40 Å². The number of furan rings is 1. The molecule has 2 heterocycles. The van der Waals surface area contributed by atoms with E-state index in [-0.39, 0.29) is 5.91 Å². The number of amides is 1. The van der Waals surface area contributed by atoms with E-state index in [2.05, 4.69) is 10.5 Å². The van der Waals surface area contributed by atoms with Gasteiger partial charge in [0.05, 0.1) is 16.8 Å². The van der Waals surface area contributed by atoms with Crippen LogP contribution >= 0.6 is 0 Å². The minimum atomic E-state index is -0.293. The number of hydrazone groups is 1. The second kappa shape index (κ2) is 7.48. The molecule has 0 aliphatic rings. The molecule has 2 aromatic carbocycles. The van der Waals surface area contributed by atoms with E-state index in [0.717, 1.165) is 27.9 Å². The first-order chi connectivity index (χ1) is 13.6. The number of para-hydroxylation sites is 1. The van der Waals surface area contributed by atoms with Crippen molar-refractivity contribution in [3.63, 3.8) is 0 Å². The zero-order valence-corrected chi connectivity index (χ0v) is 15.6. The molecule has 0 aliphatic heterocycles. The minimum Gasteiger partial charge on any atom is -0.460 e. The molecule has 0 atom stereocenters. The van der Waals surface area contributed by atoms with E-state index in [1.54, 1.807) is 13.0 Å². The number of carbonyl (C=O) groups excluding carboxylic acids is 1. The number of hydrogen-bond acceptors (Lipinski definition) is 4. The molecule has 0 spiro atoms. The van der Waals surface area contributed by atoms with Gasteiger partial charge in [-0.05, 0) is 38.1 Å². The predicted octanol–water partition coefficient (Wildman–Crippen LogP) is 4.96. The molecule has 0 aliphatic carbocycles. The van der Waals surface area contributed by atoms with E-state index in [1.165, 1.54) is 0 Å². The first-order valence-electron chi connectivity index (χ1n) is 8.98. The van der Waals surface area contributed by atoms with Gasteiger partial charge in [-0.15, -0.1) is 0 Å². The maximum Gasteiger partial charge on any atom is 0.272 e. The highest BCUT2D eigenvalue weighted by Crippen LogP contribution is 2.24. The Morgan fingerprint density at radius 2 is 1.75 bits per heavy atom. The second-order valence-corrected chi connectivity index (χ2v) is 6.49. The van der Waals surface area contributed by atoms with Crippen molar-refractivity contribution in [2.24, 2.45) is 5.10 Å². The van der Waals surface area contributed by atoms with Gasteiger partial charge >= 0.3 is 0 Å². The third-order valence-corrected chi connectivity index (χ3v) is 4.45. The minimum absolute atomic E-state index is 0.293. The average molecular weight is 369 g/mol. The molecule has 0 saturated carbocycles. The Morgan fingerprint density at radius 1 is 1.00 bits per heavy atom. The summed E-state index contributed by atoms with van der Waals surface area (Å²) in [5.74, 6) is 1.13. The van der Waals surface area contributed by atoms with Crippen LogP contribution in [0.3, 0.4) is 0 Å². The van der Waals surface area contributed by atoms with Crippen LogP contribution in [0, 0.1) is 6.92 Å². The van der Waals surface area contributed by atoms with Crippen molar-refractivity contribution >= 4 is 22.5 Å². The van der Waals surface area contributed by atoms with Crippen molar-refractivity contribution in [1.29, 1.82) is 0 Å². The lowest BCUT2D eigenvalue weighted by Crippen LogP contribution is -2.20. The van der Waals surface area contributed by atoms with Gasteiger partial charge in [-0.2, -0.15) is 5.10 Å². The molecule has 1 amide bonds. The Morgan fingerprint density at radius 3 is 2.50 bits per heavy atom. The Bertz CT molecular complexity index is 1180. The molecule has 0 bridgehead atoms. The van der Waals surface area contributed by atoms with E-state index in [0.29, 0.717) is 17.0 Å². The molecule has 0 radical (unpaired) electrons. The molecule has 2 aromatic heterocycles. The van der Waals surface area contributed by atoms with Crippen LogP contribution in [0.15, 0.2) is 82.3 Å². The summed E-state index contributed by atoms with van der Waals surface area (Å²) in [6.07, 6.45) is 0. The van der Waals surface area contributed by atoms with Crippen molar-refractivity contribution in [2.45, 2.75) is 13.8 Å². The SMILES string of the molecule is C/C(=N\NC(=O)c1cc(-c2ccccc2)nc2ccccc12)c1ccc(C)o1. The number of hydrogen-bond donors (Lipinski definition) is 1. The van der Waals surface area contributed by atoms with Crippen molar-refractivity contribution in [3.05, 3.63) is 89.9 Å². The molecule has 28 heavy (non-hydrogen) atoms. The molecule has 5 nitrogen and oxygen atoms in total. The van der Waals surface area contributed by atoms with Gasteiger partial charge in [-0.3, -0.25) is 4.79 Å². The van der Waals surface area contributed by atoms with E-state index < -0.39 is 0 Å². The third kappa shape index (κ3) is 3.55. The number of nitrogens with zero attached hydrogens (tertiary/aromatic N) is 2. The van der Waals surface area contributed by atoms with Crippen LogP contribution in [0.4, 0.5) is 0 Å². The van der Waals surface area contributed by atoms with E-state index in [9.17, 15) is 4.79 Å². The summed E-state index contributed by atoms with van der Waals surface area (Å²) < 4.78 is 5.54. The Hall–Kier alpha value is -3.73. The fourth-order valence-corrected chi connectivity index (χ4v) is 3.00. The number of benzene rings is 2. The smallest absolute Gasteiger partial charge is 0.272 e. The molecule has 0 saturated heterocycles. The van der Waals surface area contributed by atoms with Crippen LogP contribution in [0.1, 0.15) is 28.8 Å². The van der Waals surface area contributed by atoms with Gasteiger partial charge < -0.3 is 4.42 Å². The number of aromatic nitrogens is 1. The molecule has 4 rings (SSSR count). The summed E-state index contributed by atoms with van der Waals surface area (Å²) in [7, 11) is 0. The first kappa shape index (κ1) is 17.7. The highest BCUT2D eigenvalue weighted by Gasteiger charge is 2.14. The number of aryl methyl sites for hydroxylation is 1. The highest BCUT2D eigenvalue weighted by molar-refractivity contribution is 6.08. The maximum atomic E-state index is 12.9. The number of fused-ring (bicyclic) bond motifs is 1. The number of rotatable bonds is 4. The molecular weight excluding hydrogens is 350 g/mol. The summed E-state index contributed by atoms with van der Waals surface area (Å²) in [6.45, 7) is 3.65. The second-order valence-electron chi connectivity index (χ2n) is 6.49. The van der Waals surface area contributed by atoms with Crippen LogP contribution < -0.4 is 5.43 Å².